The summed E-state index contributed by atoms with van der Waals surface area (Å²) in [5.41, 5.74) is 2.26. The average Bonchev–Trinajstić information content (AvgIpc) is 2.47. The van der Waals surface area contributed by atoms with Crippen LogP contribution in [0.5, 0.6) is 0 Å². The first-order valence-corrected chi connectivity index (χ1v) is 9.09. The molecule has 0 unspecified atom stereocenters. The van der Waals surface area contributed by atoms with Crippen molar-refractivity contribution in [3.8, 4) is 0 Å². The van der Waals surface area contributed by atoms with Gasteiger partial charge in [-0.1, -0.05) is 42.5 Å². The second kappa shape index (κ2) is 7.22. The summed E-state index contributed by atoms with van der Waals surface area (Å²) in [4.78, 5) is 12.1. The van der Waals surface area contributed by atoms with Crippen molar-refractivity contribution >= 4 is 15.7 Å². The van der Waals surface area contributed by atoms with E-state index in [0.29, 0.717) is 17.7 Å². The lowest BCUT2D eigenvalue weighted by molar-refractivity contribution is 0.0954. The van der Waals surface area contributed by atoms with Gasteiger partial charge in [-0.15, -0.1) is 0 Å². The van der Waals surface area contributed by atoms with Crippen molar-refractivity contribution in [2.45, 2.75) is 12.2 Å². The highest BCUT2D eigenvalue weighted by molar-refractivity contribution is 7.89. The highest BCUT2D eigenvalue weighted by Gasteiger charge is 2.09. The third-order valence-electron chi connectivity index (χ3n) is 3.16. The fraction of sp³-hybridized carbons (Fsp3) is 0.235. The molecular formula is C17H19NO3S. The standard InChI is InChI=1S/C17H19NO3S/c1-22(20,21)13-15-8-5-9-16(12-15)17(19)18-11-10-14-6-3-2-4-7-14/h2-9,12H,10-11,13H2,1H3,(H,18,19). The van der Waals surface area contributed by atoms with Crippen LogP contribution in [0, 0.1) is 0 Å². The van der Waals surface area contributed by atoms with E-state index in [9.17, 15) is 13.2 Å². The predicted molar refractivity (Wildman–Crippen MR) is 87.5 cm³/mol. The van der Waals surface area contributed by atoms with Crippen molar-refractivity contribution in [3.05, 3.63) is 71.3 Å². The summed E-state index contributed by atoms with van der Waals surface area (Å²) in [5, 5.41) is 2.85. The molecule has 1 amide bonds. The number of nitrogens with one attached hydrogen (secondary N) is 1. The quantitative estimate of drug-likeness (QED) is 0.888. The highest BCUT2D eigenvalue weighted by atomic mass is 32.2. The molecule has 2 aromatic carbocycles. The number of benzene rings is 2. The summed E-state index contributed by atoms with van der Waals surface area (Å²) in [6.07, 6.45) is 1.94. The molecule has 0 radical (unpaired) electrons. The first-order chi connectivity index (χ1) is 10.4. The molecule has 4 nitrogen and oxygen atoms in total. The van der Waals surface area contributed by atoms with Crippen LogP contribution >= 0.6 is 0 Å². The van der Waals surface area contributed by atoms with Gasteiger partial charge in [-0.3, -0.25) is 4.79 Å². The third kappa shape index (κ3) is 5.33. The number of hydrogen-bond acceptors (Lipinski definition) is 3. The molecule has 0 saturated heterocycles. The van der Waals surface area contributed by atoms with Gasteiger partial charge in [-0.2, -0.15) is 0 Å². The third-order valence-corrected chi connectivity index (χ3v) is 4.02. The lowest BCUT2D eigenvalue weighted by Gasteiger charge is -2.07. The molecule has 0 aliphatic rings. The average molecular weight is 317 g/mol. The smallest absolute Gasteiger partial charge is 0.251 e. The molecule has 0 aliphatic carbocycles. The van der Waals surface area contributed by atoms with Gasteiger partial charge in [0.15, 0.2) is 9.84 Å². The number of rotatable bonds is 6. The summed E-state index contributed by atoms with van der Waals surface area (Å²) >= 11 is 0. The van der Waals surface area contributed by atoms with E-state index in [1.807, 2.05) is 30.3 Å². The van der Waals surface area contributed by atoms with Crippen LogP contribution in [0.2, 0.25) is 0 Å². The van der Waals surface area contributed by atoms with Crippen LogP contribution in [0.15, 0.2) is 54.6 Å². The van der Waals surface area contributed by atoms with Crippen molar-refractivity contribution in [1.29, 1.82) is 0 Å². The Morgan fingerprint density at radius 1 is 1.00 bits per heavy atom. The molecule has 0 atom stereocenters. The van der Waals surface area contributed by atoms with Crippen LogP contribution in [0.4, 0.5) is 0 Å². The Morgan fingerprint density at radius 3 is 2.36 bits per heavy atom. The Labute approximate surface area is 131 Å². The zero-order chi connectivity index (χ0) is 16.0. The van der Waals surface area contributed by atoms with Gasteiger partial charge < -0.3 is 5.32 Å². The zero-order valence-electron chi connectivity index (χ0n) is 12.5. The number of carbonyl (C=O) groups excluding carboxylic acids is 1. The lowest BCUT2D eigenvalue weighted by atomic mass is 10.1. The Balaban J connectivity index is 1.93. The van der Waals surface area contributed by atoms with Crippen molar-refractivity contribution in [3.63, 3.8) is 0 Å². The van der Waals surface area contributed by atoms with Crippen LogP contribution in [0.1, 0.15) is 21.5 Å². The van der Waals surface area contributed by atoms with Crippen molar-refractivity contribution in [2.24, 2.45) is 0 Å². The van der Waals surface area contributed by atoms with Gasteiger partial charge in [-0.25, -0.2) is 8.42 Å². The van der Waals surface area contributed by atoms with E-state index in [2.05, 4.69) is 5.32 Å². The number of carbonyl (C=O) groups is 1. The van der Waals surface area contributed by atoms with Crippen LogP contribution in [-0.2, 0) is 22.0 Å². The summed E-state index contributed by atoms with van der Waals surface area (Å²) in [6.45, 7) is 0.541. The minimum atomic E-state index is -3.10. The van der Waals surface area contributed by atoms with E-state index in [-0.39, 0.29) is 11.7 Å². The van der Waals surface area contributed by atoms with Crippen molar-refractivity contribution in [2.75, 3.05) is 12.8 Å². The Bertz CT molecular complexity index is 740. The fourth-order valence-electron chi connectivity index (χ4n) is 2.17. The van der Waals surface area contributed by atoms with Crippen LogP contribution in [0.25, 0.3) is 0 Å². The molecule has 0 heterocycles. The zero-order valence-corrected chi connectivity index (χ0v) is 13.3. The SMILES string of the molecule is CS(=O)(=O)Cc1cccc(C(=O)NCCc2ccccc2)c1. The second-order valence-electron chi connectivity index (χ2n) is 5.26. The number of sulfone groups is 1. The van der Waals surface area contributed by atoms with E-state index in [0.717, 1.165) is 12.0 Å². The van der Waals surface area contributed by atoms with E-state index in [1.165, 1.54) is 6.26 Å². The minimum absolute atomic E-state index is 0.0574. The van der Waals surface area contributed by atoms with Gasteiger partial charge in [0.1, 0.15) is 0 Å². The molecule has 116 valence electrons. The molecule has 0 aromatic heterocycles. The van der Waals surface area contributed by atoms with Gasteiger partial charge in [0.25, 0.3) is 5.91 Å². The molecule has 5 heteroatoms. The Morgan fingerprint density at radius 2 is 1.68 bits per heavy atom. The monoisotopic (exact) mass is 317 g/mol. The molecule has 0 aliphatic heterocycles. The van der Waals surface area contributed by atoms with Gasteiger partial charge >= 0.3 is 0 Å². The predicted octanol–water partition coefficient (Wildman–Crippen LogP) is 2.20. The Kier molecular flexibility index (Phi) is 5.33. The van der Waals surface area contributed by atoms with E-state index in [4.69, 9.17) is 0 Å². The van der Waals surface area contributed by atoms with Crippen LogP contribution in [0.3, 0.4) is 0 Å². The molecule has 22 heavy (non-hydrogen) atoms. The van der Waals surface area contributed by atoms with Gasteiger partial charge in [0.05, 0.1) is 5.75 Å². The second-order valence-corrected chi connectivity index (χ2v) is 7.40. The van der Waals surface area contributed by atoms with Gasteiger partial charge in [0.2, 0.25) is 0 Å². The van der Waals surface area contributed by atoms with Crippen LogP contribution < -0.4 is 5.32 Å². The molecule has 1 N–H and O–H groups in total. The maximum Gasteiger partial charge on any atom is 0.251 e. The first kappa shape index (κ1) is 16.2. The normalized spacial score (nSPS) is 11.1. The maximum absolute atomic E-state index is 12.1. The minimum Gasteiger partial charge on any atom is -0.352 e. The fourth-order valence-corrected chi connectivity index (χ4v) is 2.96. The van der Waals surface area contributed by atoms with E-state index in [1.54, 1.807) is 24.3 Å². The Hall–Kier alpha value is -2.14. The first-order valence-electron chi connectivity index (χ1n) is 7.03. The molecule has 2 rings (SSSR count). The summed E-state index contributed by atoms with van der Waals surface area (Å²) < 4.78 is 22.6. The largest absolute Gasteiger partial charge is 0.352 e. The molecule has 0 saturated carbocycles. The topological polar surface area (TPSA) is 63.2 Å². The van der Waals surface area contributed by atoms with E-state index < -0.39 is 9.84 Å². The van der Waals surface area contributed by atoms with E-state index >= 15 is 0 Å². The molecule has 2 aromatic rings. The summed E-state index contributed by atoms with van der Waals surface area (Å²) in [7, 11) is -3.10. The number of hydrogen-bond donors (Lipinski definition) is 1. The molecule has 0 spiro atoms. The molecule has 0 bridgehead atoms. The summed E-state index contributed by atoms with van der Waals surface area (Å²) in [5.74, 6) is -0.246. The summed E-state index contributed by atoms with van der Waals surface area (Å²) in [6, 6.07) is 16.6. The van der Waals surface area contributed by atoms with Crippen molar-refractivity contribution < 1.29 is 13.2 Å². The van der Waals surface area contributed by atoms with Crippen molar-refractivity contribution in [1.82, 2.24) is 5.32 Å². The highest BCUT2D eigenvalue weighted by Crippen LogP contribution is 2.09. The molecule has 0 fully saturated rings. The lowest BCUT2D eigenvalue weighted by Crippen LogP contribution is -2.25. The number of amides is 1. The van der Waals surface area contributed by atoms with Crippen LogP contribution in [-0.4, -0.2) is 27.1 Å². The maximum atomic E-state index is 12.1. The van der Waals surface area contributed by atoms with Gasteiger partial charge in [0, 0.05) is 18.4 Å². The molecular weight excluding hydrogens is 298 g/mol. The van der Waals surface area contributed by atoms with Gasteiger partial charge in [-0.05, 0) is 29.7 Å².